The fourth-order valence-corrected chi connectivity index (χ4v) is 2.42. The number of guanidine groups is 2. The van der Waals surface area contributed by atoms with E-state index in [-0.39, 0.29) is 18.0 Å². The molecule has 0 heterocycles. The molecule has 2 rings (SSSR count). The van der Waals surface area contributed by atoms with E-state index in [0.717, 1.165) is 11.1 Å². The van der Waals surface area contributed by atoms with E-state index in [9.17, 15) is 4.79 Å². The fraction of sp³-hybridized carbons (Fsp3) is 0.105. The number of hydrazine groups is 1. The molecule has 2 aromatic carbocycles. The summed E-state index contributed by atoms with van der Waals surface area (Å²) in [5, 5.41) is 20.3. The molecular formula is C19H27N13O. The maximum atomic E-state index is 12.3. The van der Waals surface area contributed by atoms with Crippen LogP contribution in [-0.2, 0) is 0 Å². The highest BCUT2D eigenvalue weighted by atomic mass is 16.2. The fourth-order valence-electron chi connectivity index (χ4n) is 2.42. The van der Waals surface area contributed by atoms with Gasteiger partial charge in [0.2, 0.25) is 11.9 Å². The molecule has 14 nitrogen and oxygen atoms in total. The van der Waals surface area contributed by atoms with Crippen LogP contribution in [0.3, 0.4) is 0 Å². The van der Waals surface area contributed by atoms with E-state index in [1.54, 1.807) is 62.4 Å². The lowest BCUT2D eigenvalue weighted by molar-refractivity contribution is 0.262. The maximum Gasteiger partial charge on any atom is 0.323 e. The summed E-state index contributed by atoms with van der Waals surface area (Å²) in [6, 6.07) is 13.8. The first-order valence-electron chi connectivity index (χ1n) is 9.53. The first-order chi connectivity index (χ1) is 15.9. The van der Waals surface area contributed by atoms with Gasteiger partial charge in [-0.2, -0.15) is 10.2 Å². The molecular weight excluding hydrogens is 426 g/mol. The summed E-state index contributed by atoms with van der Waals surface area (Å²) >= 11 is 0. The number of carbonyl (C=O) groups is 1. The van der Waals surface area contributed by atoms with Crippen molar-refractivity contribution in [3.8, 4) is 0 Å². The van der Waals surface area contributed by atoms with Crippen molar-refractivity contribution in [2.45, 2.75) is 13.8 Å². The number of carbonyl (C=O) groups excluding carboxylic acids is 1. The van der Waals surface area contributed by atoms with Crippen molar-refractivity contribution >= 4 is 40.7 Å². The van der Waals surface area contributed by atoms with Crippen molar-refractivity contribution in [2.75, 3.05) is 10.6 Å². The quantitative estimate of drug-likeness (QED) is 0.123. The number of hydrogen-bond acceptors (Lipinski definition) is 8. The Labute approximate surface area is 190 Å². The second-order valence-electron chi connectivity index (χ2n) is 6.49. The SMILES string of the molecule is C/C(=N\N/C(=N\N)NN)c1ccc(NC(=O)Nc2ccc(/C(C)=N/N/C(N)=N/N)cc2)cc1. The van der Waals surface area contributed by atoms with E-state index in [1.807, 2.05) is 0 Å². The van der Waals surface area contributed by atoms with Crippen LogP contribution in [0.2, 0.25) is 0 Å². The Kier molecular flexibility index (Phi) is 8.96. The molecule has 0 unspecified atom stereocenters. The average molecular weight is 454 g/mol. The van der Waals surface area contributed by atoms with E-state index in [2.05, 4.69) is 47.3 Å². The minimum Gasteiger partial charge on any atom is -0.367 e. The summed E-state index contributed by atoms with van der Waals surface area (Å²) < 4.78 is 0. The highest BCUT2D eigenvalue weighted by Gasteiger charge is 2.05. The van der Waals surface area contributed by atoms with Crippen molar-refractivity contribution < 1.29 is 4.79 Å². The minimum absolute atomic E-state index is 0.00413. The summed E-state index contributed by atoms with van der Waals surface area (Å²) in [6.45, 7) is 3.58. The zero-order chi connectivity index (χ0) is 24.2. The van der Waals surface area contributed by atoms with E-state index >= 15 is 0 Å². The van der Waals surface area contributed by atoms with Crippen LogP contribution in [0.5, 0.6) is 0 Å². The van der Waals surface area contributed by atoms with Gasteiger partial charge in [0.1, 0.15) is 0 Å². The molecule has 0 aliphatic heterocycles. The van der Waals surface area contributed by atoms with Gasteiger partial charge in [0, 0.05) is 11.4 Å². The standard InChI is InChI=1S/C19H27N13O/c1-11(29-31-17(20)26-21)13-3-7-15(8-4-13)24-19(33)25-16-9-5-14(6-10-16)12(2)30-32-18(27-22)28-23/h3-10H,21-23H2,1-2H3,(H3,20,26,31)(H2,24,25,33)(H2,27,28,32)/b29-11+,30-12+. The van der Waals surface area contributed by atoms with E-state index in [0.29, 0.717) is 22.8 Å². The number of nitrogens with two attached hydrogens (primary N) is 4. The van der Waals surface area contributed by atoms with Crippen LogP contribution in [0.4, 0.5) is 16.2 Å². The van der Waals surface area contributed by atoms with Gasteiger partial charge in [0.25, 0.3) is 0 Å². The van der Waals surface area contributed by atoms with Gasteiger partial charge in [-0.3, -0.25) is 5.43 Å². The van der Waals surface area contributed by atoms with Crippen LogP contribution < -0.4 is 50.2 Å². The molecule has 2 amide bonds. The number of nitrogens with zero attached hydrogens (tertiary/aromatic N) is 4. The van der Waals surface area contributed by atoms with Crippen molar-refractivity contribution in [1.82, 2.24) is 16.3 Å². The lowest BCUT2D eigenvalue weighted by Gasteiger charge is -2.10. The number of benzene rings is 2. The molecule has 0 saturated heterocycles. The van der Waals surface area contributed by atoms with Crippen LogP contribution in [-0.4, -0.2) is 29.4 Å². The molecule has 13 N–H and O–H groups in total. The Morgan fingerprint density at radius 1 is 0.758 bits per heavy atom. The van der Waals surface area contributed by atoms with E-state index < -0.39 is 0 Å². The number of hydrazone groups is 4. The van der Waals surface area contributed by atoms with Gasteiger partial charge in [-0.1, -0.05) is 24.3 Å². The molecule has 0 aliphatic carbocycles. The Bertz CT molecular complexity index is 1060. The number of urea groups is 1. The predicted octanol–water partition coefficient (Wildman–Crippen LogP) is -0.161. The third-order valence-electron chi connectivity index (χ3n) is 4.19. The topological polar surface area (TPSA) is 231 Å². The molecule has 33 heavy (non-hydrogen) atoms. The van der Waals surface area contributed by atoms with Crippen LogP contribution in [0.15, 0.2) is 68.9 Å². The molecule has 0 radical (unpaired) electrons. The van der Waals surface area contributed by atoms with Gasteiger partial charge in [-0.15, -0.1) is 10.2 Å². The summed E-state index contributed by atoms with van der Waals surface area (Å²) in [4.78, 5) is 12.3. The molecule has 0 saturated carbocycles. The minimum atomic E-state index is -0.389. The Balaban J connectivity index is 1.93. The second kappa shape index (κ2) is 12.1. The van der Waals surface area contributed by atoms with Gasteiger partial charge in [-0.25, -0.2) is 21.5 Å². The zero-order valence-corrected chi connectivity index (χ0v) is 18.1. The maximum absolute atomic E-state index is 12.3. The second-order valence-corrected chi connectivity index (χ2v) is 6.49. The first kappa shape index (κ1) is 24.4. The van der Waals surface area contributed by atoms with E-state index in [1.165, 1.54) is 0 Å². The molecule has 0 aliphatic rings. The molecule has 2 aromatic rings. The zero-order valence-electron chi connectivity index (χ0n) is 18.1. The van der Waals surface area contributed by atoms with Crippen molar-refractivity contribution in [1.29, 1.82) is 0 Å². The van der Waals surface area contributed by atoms with E-state index in [4.69, 9.17) is 23.3 Å². The smallest absolute Gasteiger partial charge is 0.323 e. The van der Waals surface area contributed by atoms with Crippen molar-refractivity contribution in [3.05, 3.63) is 59.7 Å². The molecule has 0 atom stereocenters. The largest absolute Gasteiger partial charge is 0.367 e. The lowest BCUT2D eigenvalue weighted by Crippen LogP contribution is -2.40. The Morgan fingerprint density at radius 2 is 1.21 bits per heavy atom. The van der Waals surface area contributed by atoms with Crippen LogP contribution in [0.1, 0.15) is 25.0 Å². The molecule has 0 aromatic heterocycles. The summed E-state index contributed by atoms with van der Waals surface area (Å²) in [5.41, 5.74) is 17.0. The van der Waals surface area contributed by atoms with Crippen molar-refractivity contribution in [3.63, 3.8) is 0 Å². The van der Waals surface area contributed by atoms with Gasteiger partial charge in [0.15, 0.2) is 0 Å². The summed E-state index contributed by atoms with van der Waals surface area (Å²) in [5.74, 6) is 15.5. The average Bonchev–Trinajstić information content (AvgIpc) is 2.83. The Hall–Kier alpha value is -4.85. The third-order valence-corrected chi connectivity index (χ3v) is 4.19. The number of amides is 2. The molecule has 174 valence electrons. The summed E-state index contributed by atoms with van der Waals surface area (Å²) in [6.07, 6.45) is 0. The number of nitrogens with one attached hydrogen (secondary N) is 5. The molecule has 0 spiro atoms. The van der Waals surface area contributed by atoms with Gasteiger partial charge >= 0.3 is 6.03 Å². The number of rotatable bonds is 6. The van der Waals surface area contributed by atoms with Crippen LogP contribution >= 0.6 is 0 Å². The lowest BCUT2D eigenvalue weighted by atomic mass is 10.1. The number of hydrogen-bond donors (Lipinski definition) is 9. The molecule has 14 heteroatoms. The normalized spacial score (nSPS) is 12.7. The van der Waals surface area contributed by atoms with Gasteiger partial charge < -0.3 is 28.1 Å². The number of anilines is 2. The van der Waals surface area contributed by atoms with Crippen molar-refractivity contribution in [2.24, 2.45) is 43.7 Å². The monoisotopic (exact) mass is 453 g/mol. The first-order valence-corrected chi connectivity index (χ1v) is 9.53. The molecule has 0 bridgehead atoms. The highest BCUT2D eigenvalue weighted by Crippen LogP contribution is 2.13. The summed E-state index contributed by atoms with van der Waals surface area (Å²) in [7, 11) is 0. The van der Waals surface area contributed by atoms with Crippen LogP contribution in [0, 0.1) is 0 Å². The van der Waals surface area contributed by atoms with Gasteiger partial charge in [-0.05, 0) is 49.2 Å². The third kappa shape index (κ3) is 7.72. The van der Waals surface area contributed by atoms with Gasteiger partial charge in [0.05, 0.1) is 11.4 Å². The van der Waals surface area contributed by atoms with Crippen LogP contribution in [0.25, 0.3) is 0 Å². The molecule has 0 fully saturated rings. The predicted molar refractivity (Wildman–Crippen MR) is 131 cm³/mol. The Morgan fingerprint density at radius 3 is 1.61 bits per heavy atom. The highest BCUT2D eigenvalue weighted by molar-refractivity contribution is 6.03.